The number of aryl methyl sites for hydroxylation is 2. The number of halogens is 4. The second kappa shape index (κ2) is 28.4. The monoisotopic (exact) mass is 1190 g/mol. The number of likely N-dealkylation sites (N-methyl/N-ethyl adjacent to an activating group) is 2. The first-order chi connectivity index (χ1) is 38.2. The molecule has 80 heavy (non-hydrogen) atoms. The van der Waals surface area contributed by atoms with E-state index in [1.54, 1.807) is 0 Å². The van der Waals surface area contributed by atoms with E-state index in [4.69, 9.17) is 32.7 Å². The first kappa shape index (κ1) is 61.9. The number of ketones is 1. The van der Waals surface area contributed by atoms with Crippen LogP contribution in [-0.4, -0.2) is 166 Å². The summed E-state index contributed by atoms with van der Waals surface area (Å²) in [5, 5.41) is 6.79. The maximum absolute atomic E-state index is 15.4. The molecule has 4 aromatic rings. The van der Waals surface area contributed by atoms with Gasteiger partial charge in [-0.25, -0.2) is 35.1 Å². The number of carbonyl (C=O) groups is 2. The maximum Gasteiger partial charge on any atom is 0.314 e. The molecule has 0 bridgehead atoms. The van der Waals surface area contributed by atoms with Gasteiger partial charge in [-0.15, -0.1) is 0 Å². The van der Waals surface area contributed by atoms with E-state index in [2.05, 4.69) is 35.0 Å². The minimum Gasteiger partial charge on any atom is -0.380 e. The molecule has 4 atom stereocenters. The lowest BCUT2D eigenvalue weighted by Crippen LogP contribution is -2.38. The number of amides is 2. The Bertz CT molecular complexity index is 2850. The van der Waals surface area contributed by atoms with Gasteiger partial charge in [-0.2, -0.15) is 0 Å². The summed E-state index contributed by atoms with van der Waals surface area (Å²) in [7, 11) is -3.65. The van der Waals surface area contributed by atoms with Crippen molar-refractivity contribution in [3.05, 3.63) is 127 Å². The number of likely N-dealkylation sites (tertiary alicyclic amines) is 2. The number of Topliss-reactive ketones (excluding diaryl/α,β-unsaturated/α-hetero) is 1. The minimum atomic E-state index is -3.93. The number of rotatable bonds is 27. The summed E-state index contributed by atoms with van der Waals surface area (Å²) in [6, 6.07) is 15.2. The van der Waals surface area contributed by atoms with E-state index < -0.39 is 31.5 Å². The number of benzene rings is 4. The van der Waals surface area contributed by atoms with Crippen molar-refractivity contribution in [2.75, 3.05) is 112 Å². The molecule has 0 radical (unpaired) electrons. The average Bonchev–Trinajstić information content (AvgIpc) is 4.06. The van der Waals surface area contributed by atoms with Gasteiger partial charge in [-0.3, -0.25) is 9.69 Å². The highest BCUT2D eigenvalue weighted by Gasteiger charge is 2.34. The standard InChI is InChI=1S/C59H79Cl2F2N7O8S2/c1-40-27-43(60)29-49-53(40)35-67(3)37-55(49)51-31-47(11-13-57(51)62)79(73,74)39-42-15-19-69(33-42)21-25-77-23-8-10-46(71)9-6-5-7-17-64-59(72)65-18-24-78-26-22-70-20-16-45(34-70)66-80(75,76)48-12-14-58(63)52(32-48)56-38-68(4)36-54-41(2)28-44(61)30-50(54)56/h11-14,27-32,42,45,55-56,66H,5-10,15-26,33-39H2,1-4H3,(H2,64,65,72)/t42-,45-,55?,56?/m1/s1. The molecule has 4 aliphatic rings. The van der Waals surface area contributed by atoms with E-state index in [9.17, 15) is 26.4 Å². The van der Waals surface area contributed by atoms with Crippen molar-refractivity contribution in [3.63, 3.8) is 0 Å². The van der Waals surface area contributed by atoms with Crippen molar-refractivity contribution >= 4 is 54.9 Å². The van der Waals surface area contributed by atoms with Crippen molar-refractivity contribution in [1.82, 2.24) is 35.0 Å². The Balaban J connectivity index is 0.619. The molecule has 0 aliphatic carbocycles. The predicted molar refractivity (Wildman–Crippen MR) is 309 cm³/mol. The highest BCUT2D eigenvalue weighted by molar-refractivity contribution is 7.91. The highest BCUT2D eigenvalue weighted by Crippen LogP contribution is 2.40. The van der Waals surface area contributed by atoms with Gasteiger partial charge in [0.1, 0.15) is 17.4 Å². The number of hydrogen-bond acceptors (Lipinski definition) is 12. The van der Waals surface area contributed by atoms with E-state index in [1.807, 2.05) is 52.2 Å². The Morgan fingerprint density at radius 3 is 1.81 bits per heavy atom. The van der Waals surface area contributed by atoms with Crippen molar-refractivity contribution in [1.29, 1.82) is 0 Å². The Labute approximate surface area is 482 Å². The molecular weight excluding hydrogens is 1110 g/mol. The molecule has 0 spiro atoms. The molecule has 3 N–H and O–H groups in total. The molecule has 4 aromatic carbocycles. The fourth-order valence-electron chi connectivity index (χ4n) is 11.9. The Kier molecular flexibility index (Phi) is 22.0. The van der Waals surface area contributed by atoms with E-state index >= 15 is 8.78 Å². The van der Waals surface area contributed by atoms with Crippen LogP contribution < -0.4 is 15.4 Å². The van der Waals surface area contributed by atoms with Crippen LogP contribution in [0.3, 0.4) is 0 Å². The lowest BCUT2D eigenvalue weighted by atomic mass is 9.83. The summed E-state index contributed by atoms with van der Waals surface area (Å²) < 4.78 is 99.8. The normalized spacial score (nSPS) is 20.2. The predicted octanol–water partition coefficient (Wildman–Crippen LogP) is 8.43. The maximum atomic E-state index is 15.4. The van der Waals surface area contributed by atoms with E-state index in [0.717, 1.165) is 72.2 Å². The van der Waals surface area contributed by atoms with Crippen molar-refractivity contribution < 1.29 is 44.7 Å². The lowest BCUT2D eigenvalue weighted by Gasteiger charge is -2.34. The topological polar surface area (TPSA) is 170 Å². The van der Waals surface area contributed by atoms with Crippen LogP contribution >= 0.6 is 23.2 Å². The number of sulfonamides is 1. The number of ether oxygens (including phenoxy) is 2. The van der Waals surface area contributed by atoms with Gasteiger partial charge in [0.05, 0.1) is 35.4 Å². The van der Waals surface area contributed by atoms with Gasteiger partial charge in [0.2, 0.25) is 10.0 Å². The average molecular weight is 1190 g/mol. The van der Waals surface area contributed by atoms with Crippen LogP contribution in [0.5, 0.6) is 0 Å². The number of sulfone groups is 1. The second-order valence-corrected chi connectivity index (χ2v) is 27.1. The second-order valence-electron chi connectivity index (χ2n) is 22.5. The summed E-state index contributed by atoms with van der Waals surface area (Å²) in [5.74, 6) is -1.45. The molecule has 2 saturated heterocycles. The summed E-state index contributed by atoms with van der Waals surface area (Å²) in [6.45, 7) is 12.9. The van der Waals surface area contributed by atoms with E-state index in [0.29, 0.717) is 139 Å². The molecule has 15 nitrogen and oxygen atoms in total. The van der Waals surface area contributed by atoms with Crippen LogP contribution in [0.1, 0.15) is 108 Å². The molecule has 8 rings (SSSR count). The van der Waals surface area contributed by atoms with Gasteiger partial charge in [0.15, 0.2) is 9.84 Å². The molecule has 2 amide bonds. The van der Waals surface area contributed by atoms with Crippen LogP contribution in [0.4, 0.5) is 13.6 Å². The van der Waals surface area contributed by atoms with Crippen LogP contribution in [-0.2, 0) is 47.2 Å². The Morgan fingerprint density at radius 2 is 1.18 bits per heavy atom. The number of nitrogens with zero attached hydrogens (tertiary/aromatic N) is 4. The van der Waals surface area contributed by atoms with Crippen molar-refractivity contribution in [2.24, 2.45) is 5.92 Å². The zero-order valence-corrected chi connectivity index (χ0v) is 49.8. The number of unbranched alkanes of at least 4 members (excludes halogenated alkanes) is 2. The summed E-state index contributed by atoms with van der Waals surface area (Å²) in [5.41, 5.74) is 6.80. The summed E-state index contributed by atoms with van der Waals surface area (Å²) in [6.07, 6.45) is 5.25. The zero-order valence-electron chi connectivity index (χ0n) is 46.6. The molecule has 0 aromatic heterocycles. The van der Waals surface area contributed by atoms with Crippen LogP contribution in [0.2, 0.25) is 10.0 Å². The van der Waals surface area contributed by atoms with Crippen LogP contribution in [0, 0.1) is 31.4 Å². The van der Waals surface area contributed by atoms with Crippen molar-refractivity contribution in [2.45, 2.75) is 106 Å². The van der Waals surface area contributed by atoms with E-state index in [-0.39, 0.29) is 51.2 Å². The van der Waals surface area contributed by atoms with Gasteiger partial charge in [0, 0.05) is 113 Å². The number of hydrogen-bond donors (Lipinski definition) is 3. The molecular formula is C59H79Cl2F2N7O8S2. The number of fused-ring (bicyclic) bond motifs is 2. The molecule has 2 fully saturated rings. The molecule has 21 heteroatoms. The van der Waals surface area contributed by atoms with Gasteiger partial charge in [-0.05, 0) is 184 Å². The molecule has 438 valence electrons. The first-order valence-electron chi connectivity index (χ1n) is 28.2. The smallest absolute Gasteiger partial charge is 0.314 e. The fraction of sp³-hybridized carbons (Fsp3) is 0.559. The van der Waals surface area contributed by atoms with E-state index in [1.165, 1.54) is 36.4 Å². The van der Waals surface area contributed by atoms with Crippen LogP contribution in [0.25, 0.3) is 0 Å². The number of carbonyl (C=O) groups excluding carboxylic acids is 2. The summed E-state index contributed by atoms with van der Waals surface area (Å²) in [4.78, 5) is 33.5. The number of nitrogens with one attached hydrogen (secondary N) is 3. The third-order valence-electron chi connectivity index (χ3n) is 16.1. The third kappa shape index (κ3) is 16.8. The fourth-order valence-corrected chi connectivity index (χ4v) is 15.4. The Morgan fingerprint density at radius 1 is 0.625 bits per heavy atom. The number of urea groups is 1. The first-order valence-corrected chi connectivity index (χ1v) is 32.0. The quantitative estimate of drug-likeness (QED) is 0.0386. The van der Waals surface area contributed by atoms with Gasteiger partial charge < -0.3 is 34.8 Å². The molecule has 4 heterocycles. The third-order valence-corrected chi connectivity index (χ3v) is 19.9. The SMILES string of the molecule is Cc1cc(Cl)cc2c1CN(C)CC2c1cc(S(=O)(=O)C[C@@H]2CCN(CCOCCCC(=O)CCCCCNC(=O)NCCOCCN3CC[C@@H](NS(=O)(=O)c4ccc(F)c(C5CN(C)Cc6c(C)cc(Cl)cc65)c4)C3)C2)ccc1F. The molecule has 4 aliphatic heterocycles. The molecule has 0 saturated carbocycles. The van der Waals surface area contributed by atoms with Crippen molar-refractivity contribution in [3.8, 4) is 0 Å². The minimum absolute atomic E-state index is 0.00609. The lowest BCUT2D eigenvalue weighted by molar-refractivity contribution is -0.119. The van der Waals surface area contributed by atoms with Gasteiger partial charge in [0.25, 0.3) is 0 Å². The zero-order chi connectivity index (χ0) is 57.1. The summed E-state index contributed by atoms with van der Waals surface area (Å²) >= 11 is 12.8. The Hall–Kier alpha value is -4.12. The highest BCUT2D eigenvalue weighted by atomic mass is 35.5. The largest absolute Gasteiger partial charge is 0.380 e. The van der Waals surface area contributed by atoms with Gasteiger partial charge >= 0.3 is 6.03 Å². The molecule has 2 unspecified atom stereocenters. The van der Waals surface area contributed by atoms with Gasteiger partial charge in [-0.1, -0.05) is 29.6 Å². The van der Waals surface area contributed by atoms with Crippen LogP contribution in [0.15, 0.2) is 70.5 Å².